The van der Waals surface area contributed by atoms with Gasteiger partial charge < -0.3 is 10.1 Å². The summed E-state index contributed by atoms with van der Waals surface area (Å²) in [4.78, 5) is 12.2. The zero-order valence-corrected chi connectivity index (χ0v) is 14.2. The molecule has 0 aliphatic rings. The summed E-state index contributed by atoms with van der Waals surface area (Å²) in [6, 6.07) is 15.2. The molecule has 0 bridgehead atoms. The van der Waals surface area contributed by atoms with E-state index in [-0.39, 0.29) is 12.5 Å². The van der Waals surface area contributed by atoms with Crippen molar-refractivity contribution in [2.24, 2.45) is 0 Å². The van der Waals surface area contributed by atoms with Crippen LogP contribution in [-0.2, 0) is 4.79 Å². The molecule has 0 radical (unpaired) electrons. The van der Waals surface area contributed by atoms with E-state index in [4.69, 9.17) is 4.74 Å². The predicted octanol–water partition coefficient (Wildman–Crippen LogP) is 3.41. The fourth-order valence-electron chi connectivity index (χ4n) is 2.41. The highest BCUT2D eigenvalue weighted by Crippen LogP contribution is 2.21. The number of hydrogen-bond acceptors (Lipinski definition) is 4. The van der Waals surface area contributed by atoms with Gasteiger partial charge in [-0.15, -0.1) is 5.10 Å². The van der Waals surface area contributed by atoms with Gasteiger partial charge in [-0.3, -0.25) is 4.79 Å². The molecule has 0 spiro atoms. The Morgan fingerprint density at radius 3 is 2.80 bits per heavy atom. The van der Waals surface area contributed by atoms with Crippen LogP contribution in [0, 0.1) is 0 Å². The van der Waals surface area contributed by atoms with Crippen molar-refractivity contribution in [3.8, 4) is 11.4 Å². The Morgan fingerprint density at radius 2 is 2.04 bits per heavy atom. The quantitative estimate of drug-likeness (QED) is 0.749. The van der Waals surface area contributed by atoms with E-state index in [1.54, 1.807) is 17.1 Å². The summed E-state index contributed by atoms with van der Waals surface area (Å²) in [6.07, 6.45) is 3.31. The zero-order chi connectivity index (χ0) is 17.6. The number of rotatable bonds is 6. The number of amides is 1. The topological polar surface area (TPSA) is 69.0 Å². The van der Waals surface area contributed by atoms with Gasteiger partial charge >= 0.3 is 0 Å². The molecule has 0 aliphatic carbocycles. The predicted molar refractivity (Wildman–Crippen MR) is 96.0 cm³/mol. The number of aromatic nitrogens is 3. The van der Waals surface area contributed by atoms with Crippen LogP contribution in [0.15, 0.2) is 60.9 Å². The van der Waals surface area contributed by atoms with Gasteiger partial charge in [0.2, 0.25) is 0 Å². The van der Waals surface area contributed by atoms with Crippen molar-refractivity contribution < 1.29 is 9.53 Å². The third-order valence-electron chi connectivity index (χ3n) is 3.74. The van der Waals surface area contributed by atoms with Crippen molar-refractivity contribution in [2.75, 3.05) is 11.9 Å². The Kier molecular flexibility index (Phi) is 5.09. The first-order valence-electron chi connectivity index (χ1n) is 8.12. The van der Waals surface area contributed by atoms with Gasteiger partial charge in [-0.2, -0.15) is 0 Å². The summed E-state index contributed by atoms with van der Waals surface area (Å²) in [7, 11) is 0. The molecule has 0 aliphatic heterocycles. The highest BCUT2D eigenvalue weighted by Gasteiger charge is 2.10. The van der Waals surface area contributed by atoms with Crippen molar-refractivity contribution in [1.82, 2.24) is 15.0 Å². The van der Waals surface area contributed by atoms with E-state index in [1.807, 2.05) is 48.5 Å². The summed E-state index contributed by atoms with van der Waals surface area (Å²) in [5.41, 5.74) is 2.57. The molecule has 25 heavy (non-hydrogen) atoms. The molecule has 0 atom stereocenters. The number of anilines is 1. The van der Waals surface area contributed by atoms with Crippen LogP contribution in [0.3, 0.4) is 0 Å². The molecule has 0 saturated heterocycles. The van der Waals surface area contributed by atoms with E-state index in [9.17, 15) is 4.79 Å². The SMILES string of the molecule is CC(C)c1cccc(OCC(=O)Nc2ccccc2-n2ccnn2)c1. The van der Waals surface area contributed by atoms with Crippen molar-refractivity contribution in [3.05, 3.63) is 66.5 Å². The molecular formula is C19H20N4O2. The molecule has 2 aromatic carbocycles. The normalized spacial score (nSPS) is 10.7. The summed E-state index contributed by atoms with van der Waals surface area (Å²) in [6.45, 7) is 4.17. The van der Waals surface area contributed by atoms with Crippen LogP contribution in [-0.4, -0.2) is 27.5 Å². The maximum atomic E-state index is 12.2. The second-order valence-corrected chi connectivity index (χ2v) is 5.93. The summed E-state index contributed by atoms with van der Waals surface area (Å²) in [5, 5.41) is 10.6. The summed E-state index contributed by atoms with van der Waals surface area (Å²) < 4.78 is 7.21. The molecule has 1 N–H and O–H groups in total. The average Bonchev–Trinajstić information content (AvgIpc) is 3.15. The van der Waals surface area contributed by atoms with Crippen molar-refractivity contribution in [1.29, 1.82) is 0 Å². The Balaban J connectivity index is 1.65. The molecule has 1 amide bonds. The number of nitrogens with zero attached hydrogens (tertiary/aromatic N) is 3. The number of para-hydroxylation sites is 2. The zero-order valence-electron chi connectivity index (χ0n) is 14.2. The fourth-order valence-corrected chi connectivity index (χ4v) is 2.41. The smallest absolute Gasteiger partial charge is 0.262 e. The molecule has 1 aromatic heterocycles. The van der Waals surface area contributed by atoms with Gasteiger partial charge in [0, 0.05) is 0 Å². The monoisotopic (exact) mass is 336 g/mol. The van der Waals surface area contributed by atoms with E-state index < -0.39 is 0 Å². The third-order valence-corrected chi connectivity index (χ3v) is 3.74. The highest BCUT2D eigenvalue weighted by atomic mass is 16.5. The van der Waals surface area contributed by atoms with Crippen LogP contribution in [0.5, 0.6) is 5.75 Å². The number of hydrogen-bond donors (Lipinski definition) is 1. The van der Waals surface area contributed by atoms with Crippen molar-refractivity contribution in [2.45, 2.75) is 19.8 Å². The van der Waals surface area contributed by atoms with Crippen LogP contribution < -0.4 is 10.1 Å². The Bertz CT molecular complexity index is 844. The number of benzene rings is 2. The lowest BCUT2D eigenvalue weighted by Gasteiger charge is -2.12. The first kappa shape index (κ1) is 16.7. The maximum Gasteiger partial charge on any atom is 0.262 e. The largest absolute Gasteiger partial charge is 0.484 e. The van der Waals surface area contributed by atoms with Gasteiger partial charge in [0.25, 0.3) is 5.91 Å². The average molecular weight is 336 g/mol. The lowest BCUT2D eigenvalue weighted by Crippen LogP contribution is -2.21. The Labute approximate surface area is 146 Å². The standard InChI is InChI=1S/C19H20N4O2/c1-14(2)15-6-5-7-16(12-15)25-13-19(24)21-17-8-3-4-9-18(17)23-11-10-20-22-23/h3-12,14H,13H2,1-2H3,(H,21,24). The summed E-state index contributed by atoms with van der Waals surface area (Å²) in [5.74, 6) is 0.861. The van der Waals surface area contributed by atoms with E-state index in [1.165, 1.54) is 5.56 Å². The van der Waals surface area contributed by atoms with Crippen LogP contribution >= 0.6 is 0 Å². The molecule has 3 aromatic rings. The van der Waals surface area contributed by atoms with E-state index in [2.05, 4.69) is 29.5 Å². The third kappa shape index (κ3) is 4.23. The van der Waals surface area contributed by atoms with Crippen molar-refractivity contribution >= 4 is 11.6 Å². The van der Waals surface area contributed by atoms with Crippen LogP contribution in [0.2, 0.25) is 0 Å². The van der Waals surface area contributed by atoms with E-state index in [0.717, 1.165) is 5.69 Å². The molecule has 0 saturated carbocycles. The second-order valence-electron chi connectivity index (χ2n) is 5.93. The van der Waals surface area contributed by atoms with Gasteiger partial charge in [0.05, 0.1) is 23.8 Å². The van der Waals surface area contributed by atoms with Crippen LogP contribution in [0.25, 0.3) is 5.69 Å². The van der Waals surface area contributed by atoms with Gasteiger partial charge in [-0.25, -0.2) is 4.68 Å². The minimum absolute atomic E-state index is 0.0623. The molecule has 0 fully saturated rings. The second kappa shape index (κ2) is 7.61. The van der Waals surface area contributed by atoms with Gasteiger partial charge in [0.1, 0.15) is 5.75 Å². The molecule has 6 nitrogen and oxygen atoms in total. The van der Waals surface area contributed by atoms with E-state index in [0.29, 0.717) is 17.4 Å². The van der Waals surface area contributed by atoms with E-state index >= 15 is 0 Å². The molecule has 128 valence electrons. The number of carbonyl (C=O) groups excluding carboxylic acids is 1. The molecule has 1 heterocycles. The van der Waals surface area contributed by atoms with Gasteiger partial charge in [-0.05, 0) is 35.7 Å². The Hall–Kier alpha value is -3.15. The number of nitrogens with one attached hydrogen (secondary N) is 1. The minimum Gasteiger partial charge on any atom is -0.484 e. The maximum absolute atomic E-state index is 12.2. The van der Waals surface area contributed by atoms with Gasteiger partial charge in [0.15, 0.2) is 6.61 Å². The molecule has 3 rings (SSSR count). The number of carbonyl (C=O) groups is 1. The molecular weight excluding hydrogens is 316 g/mol. The molecule has 6 heteroatoms. The minimum atomic E-state index is -0.234. The van der Waals surface area contributed by atoms with Gasteiger partial charge in [-0.1, -0.05) is 43.3 Å². The lowest BCUT2D eigenvalue weighted by atomic mass is 10.0. The van der Waals surface area contributed by atoms with Crippen LogP contribution in [0.4, 0.5) is 5.69 Å². The van der Waals surface area contributed by atoms with Crippen molar-refractivity contribution in [3.63, 3.8) is 0 Å². The first-order chi connectivity index (χ1) is 12.1. The highest BCUT2D eigenvalue weighted by molar-refractivity contribution is 5.93. The molecule has 0 unspecified atom stereocenters. The summed E-state index contributed by atoms with van der Waals surface area (Å²) >= 11 is 0. The lowest BCUT2D eigenvalue weighted by molar-refractivity contribution is -0.118. The Morgan fingerprint density at radius 1 is 1.20 bits per heavy atom. The van der Waals surface area contributed by atoms with Crippen LogP contribution in [0.1, 0.15) is 25.3 Å². The fraction of sp³-hybridized carbons (Fsp3) is 0.211. The number of ether oxygens (including phenoxy) is 1. The first-order valence-corrected chi connectivity index (χ1v) is 8.12.